The Bertz CT molecular complexity index is 1560. The molecule has 2 aromatic carbocycles. The molecule has 0 unspecified atom stereocenters. The first-order valence-corrected chi connectivity index (χ1v) is 15.1. The van der Waals surface area contributed by atoms with Gasteiger partial charge in [0.25, 0.3) is 0 Å². The van der Waals surface area contributed by atoms with Crippen LogP contribution in [0, 0.1) is 11.7 Å². The molecule has 226 valence electrons. The van der Waals surface area contributed by atoms with Gasteiger partial charge in [-0.1, -0.05) is 18.2 Å². The van der Waals surface area contributed by atoms with E-state index in [1.165, 1.54) is 0 Å². The van der Waals surface area contributed by atoms with Crippen LogP contribution in [0.4, 0.5) is 35.1 Å². The summed E-state index contributed by atoms with van der Waals surface area (Å²) in [6.45, 7) is 0. The number of primary sulfonamides is 1. The number of nitrogens with one attached hydrogen (secondary N) is 1. The maximum absolute atomic E-state index is 14.8. The molecule has 2 aromatic rings. The fourth-order valence-electron chi connectivity index (χ4n) is 5.98. The van der Waals surface area contributed by atoms with Gasteiger partial charge in [-0.3, -0.25) is 4.79 Å². The molecule has 0 aromatic heterocycles. The molecule has 1 amide bonds. The van der Waals surface area contributed by atoms with Crippen molar-refractivity contribution in [3.63, 3.8) is 0 Å². The number of rotatable bonds is 6. The number of nitrogens with two attached hydrogens (primary N) is 1. The normalized spacial score (nSPS) is 23.5. The van der Waals surface area contributed by atoms with E-state index >= 15 is 0 Å². The Kier molecular flexibility index (Phi) is 7.52. The highest BCUT2D eigenvalue weighted by molar-refractivity contribution is 7.92. The smallest absolute Gasteiger partial charge is 0.352 e. The zero-order valence-electron chi connectivity index (χ0n) is 20.7. The minimum Gasteiger partial charge on any atom is -0.352 e. The number of fused-ring (bicyclic) bond motifs is 3. The third kappa shape index (κ3) is 5.09. The van der Waals surface area contributed by atoms with Crippen LogP contribution in [0.15, 0.2) is 47.4 Å². The molecule has 2 aliphatic rings. The summed E-state index contributed by atoms with van der Waals surface area (Å²) >= 11 is 0. The molecular formula is C24H22F8N2O5S2. The molecule has 17 heteroatoms. The second-order valence-corrected chi connectivity index (χ2v) is 13.9. The van der Waals surface area contributed by atoms with Gasteiger partial charge in [0.05, 0.1) is 4.90 Å². The van der Waals surface area contributed by atoms with Crippen molar-refractivity contribution in [1.82, 2.24) is 5.32 Å². The topological polar surface area (TPSA) is 123 Å². The van der Waals surface area contributed by atoms with E-state index in [0.29, 0.717) is 12.1 Å². The third-order valence-corrected chi connectivity index (χ3v) is 10.9. The quantitative estimate of drug-likeness (QED) is 0.369. The highest BCUT2D eigenvalue weighted by Crippen LogP contribution is 2.59. The molecule has 3 atom stereocenters. The fraction of sp³-hybridized carbons (Fsp3) is 0.458. The van der Waals surface area contributed by atoms with Crippen molar-refractivity contribution in [3.8, 4) is 0 Å². The predicted molar refractivity (Wildman–Crippen MR) is 128 cm³/mol. The van der Waals surface area contributed by atoms with E-state index in [0.717, 1.165) is 24.3 Å². The van der Waals surface area contributed by atoms with Crippen molar-refractivity contribution < 1.29 is 56.8 Å². The van der Waals surface area contributed by atoms with Crippen molar-refractivity contribution in [1.29, 1.82) is 0 Å². The highest BCUT2D eigenvalue weighted by atomic mass is 32.2. The summed E-state index contributed by atoms with van der Waals surface area (Å²) in [7, 11) is -8.86. The molecule has 4 rings (SSSR count). The Labute approximate surface area is 229 Å². The van der Waals surface area contributed by atoms with Gasteiger partial charge in [0.2, 0.25) is 15.9 Å². The predicted octanol–water partition coefficient (Wildman–Crippen LogP) is 3.91. The number of benzene rings is 2. The summed E-state index contributed by atoms with van der Waals surface area (Å²) in [5.41, 5.74) is -8.00. The van der Waals surface area contributed by atoms with Crippen molar-refractivity contribution >= 4 is 25.8 Å². The van der Waals surface area contributed by atoms with Gasteiger partial charge in [0, 0.05) is 17.5 Å². The van der Waals surface area contributed by atoms with Crippen LogP contribution in [0.1, 0.15) is 36.0 Å². The lowest BCUT2D eigenvalue weighted by molar-refractivity contribution is -0.348. The van der Waals surface area contributed by atoms with Crippen molar-refractivity contribution in [3.05, 3.63) is 65.0 Å². The average molecular weight is 635 g/mol. The lowest BCUT2D eigenvalue weighted by atomic mass is 9.74. The van der Waals surface area contributed by atoms with E-state index in [4.69, 9.17) is 5.14 Å². The molecule has 0 aliphatic heterocycles. The molecule has 0 heterocycles. The van der Waals surface area contributed by atoms with Gasteiger partial charge in [-0.25, -0.2) is 30.8 Å². The summed E-state index contributed by atoms with van der Waals surface area (Å²) < 4.78 is 158. The Balaban J connectivity index is 1.90. The zero-order chi connectivity index (χ0) is 30.8. The minimum absolute atomic E-state index is 0.0825. The summed E-state index contributed by atoms with van der Waals surface area (Å²) in [6, 6.07) is 3.86. The monoisotopic (exact) mass is 634 g/mol. The first-order chi connectivity index (χ1) is 18.6. The molecule has 0 spiro atoms. The highest BCUT2D eigenvalue weighted by Gasteiger charge is 2.73. The van der Waals surface area contributed by atoms with Gasteiger partial charge < -0.3 is 5.32 Å². The number of alkyl halides is 7. The number of hydrogen-bond acceptors (Lipinski definition) is 5. The first-order valence-electron chi connectivity index (χ1n) is 11.9. The SMILES string of the molecule is NS(=O)(=O)CC(=O)N[C@@H]1CC[C@@]2(S(=O)(=O)c3ccc(F)cc3)c3ccc(C(F)(C(F)(F)F)C(F)(F)F)cc3CC[C@@H]12. The molecule has 0 bridgehead atoms. The van der Waals surface area contributed by atoms with Crippen molar-refractivity contribution in [2.45, 2.75) is 59.4 Å². The Morgan fingerprint density at radius 2 is 1.51 bits per heavy atom. The zero-order valence-corrected chi connectivity index (χ0v) is 22.3. The number of sulfone groups is 1. The average Bonchev–Trinajstić information content (AvgIpc) is 3.21. The van der Waals surface area contributed by atoms with E-state index < -0.39 is 82.5 Å². The minimum atomic E-state index is -6.39. The Morgan fingerprint density at radius 1 is 0.927 bits per heavy atom. The maximum Gasteiger partial charge on any atom is 0.435 e. The number of carbonyl (C=O) groups excluding carboxylic acids is 1. The molecule has 0 saturated heterocycles. The molecule has 41 heavy (non-hydrogen) atoms. The molecule has 1 fully saturated rings. The third-order valence-electron chi connectivity index (χ3n) is 7.66. The summed E-state index contributed by atoms with van der Waals surface area (Å²) in [5, 5.41) is 7.31. The van der Waals surface area contributed by atoms with Gasteiger partial charge in [-0.15, -0.1) is 0 Å². The van der Waals surface area contributed by atoms with Crippen LogP contribution < -0.4 is 10.5 Å². The molecule has 2 aliphatic carbocycles. The van der Waals surface area contributed by atoms with Crippen LogP contribution in [0.2, 0.25) is 0 Å². The molecule has 0 radical (unpaired) electrons. The molecule has 1 saturated carbocycles. The number of amides is 1. The van der Waals surface area contributed by atoms with Crippen LogP contribution in [0.5, 0.6) is 0 Å². The van der Waals surface area contributed by atoms with Gasteiger partial charge in [-0.05, 0) is 61.1 Å². The van der Waals surface area contributed by atoms with Crippen LogP contribution in [0.3, 0.4) is 0 Å². The van der Waals surface area contributed by atoms with Crippen LogP contribution in [0.25, 0.3) is 0 Å². The fourth-order valence-corrected chi connectivity index (χ4v) is 8.90. The lowest BCUT2D eigenvalue weighted by Crippen LogP contribution is -2.51. The summed E-state index contributed by atoms with van der Waals surface area (Å²) in [4.78, 5) is 11.9. The number of hydrogen-bond donors (Lipinski definition) is 2. The first kappa shape index (κ1) is 31.2. The van der Waals surface area contributed by atoms with Crippen molar-refractivity contribution in [2.24, 2.45) is 11.1 Å². The standard InChI is InChI=1S/C24H22F8N2O5S2/c25-15-3-5-16(6-4-15)41(38,39)21-10-9-19(34-20(35)12-40(33,36)37)18(21)7-1-13-11-14(2-8-17(13)21)22(26,23(27,28)29)24(30,31)32/h2-6,8,11,18-19H,1,7,9-10,12H2,(H,34,35)(H2,33,36,37)/t18-,19+,21+/m0/s1. The molecule has 7 nitrogen and oxygen atoms in total. The van der Waals surface area contributed by atoms with Gasteiger partial charge >= 0.3 is 18.0 Å². The Morgan fingerprint density at radius 3 is 2.05 bits per heavy atom. The van der Waals surface area contributed by atoms with E-state index in [9.17, 15) is 56.8 Å². The van der Waals surface area contributed by atoms with E-state index in [-0.39, 0.29) is 42.9 Å². The van der Waals surface area contributed by atoms with Gasteiger partial charge in [0.15, 0.2) is 9.84 Å². The lowest BCUT2D eigenvalue weighted by Gasteiger charge is -2.43. The van der Waals surface area contributed by atoms with Gasteiger partial charge in [-0.2, -0.15) is 26.3 Å². The van der Waals surface area contributed by atoms with Crippen molar-refractivity contribution in [2.75, 3.05) is 5.75 Å². The van der Waals surface area contributed by atoms with E-state index in [2.05, 4.69) is 5.32 Å². The molecular weight excluding hydrogens is 612 g/mol. The molecule has 3 N–H and O–H groups in total. The van der Waals surface area contributed by atoms with Crippen LogP contribution in [-0.4, -0.2) is 46.9 Å². The number of sulfonamides is 1. The second-order valence-electron chi connectivity index (χ2n) is 10.0. The Hall–Kier alpha value is -2.79. The van der Waals surface area contributed by atoms with E-state index in [1.54, 1.807) is 0 Å². The van der Waals surface area contributed by atoms with Gasteiger partial charge in [0.1, 0.15) is 16.3 Å². The van der Waals surface area contributed by atoms with Crippen LogP contribution in [-0.2, 0) is 41.5 Å². The second kappa shape index (κ2) is 9.90. The summed E-state index contributed by atoms with van der Waals surface area (Å²) in [5.74, 6) is -4.00. The number of aryl methyl sites for hydroxylation is 1. The largest absolute Gasteiger partial charge is 0.435 e. The number of carbonyl (C=O) groups is 1. The number of halogens is 8. The van der Waals surface area contributed by atoms with E-state index in [1.807, 2.05) is 0 Å². The van der Waals surface area contributed by atoms with Crippen LogP contribution >= 0.6 is 0 Å². The maximum atomic E-state index is 14.8. The summed E-state index contributed by atoms with van der Waals surface area (Å²) in [6.07, 6.45) is -13.7.